The standard InChI is InChI=1S/C11H13F3O2/c12-11(13,14)5-4-10(16)7-8-2-1-3-9(15)6-8/h1-3,6,10,15-16H,4-5,7H2. The van der Waals surface area contributed by atoms with Crippen LogP contribution in [0.2, 0.25) is 0 Å². The molecule has 0 aliphatic rings. The maximum atomic E-state index is 11.9. The quantitative estimate of drug-likeness (QED) is 0.840. The van der Waals surface area contributed by atoms with Gasteiger partial charge in [0.2, 0.25) is 0 Å². The van der Waals surface area contributed by atoms with Gasteiger partial charge in [0.25, 0.3) is 0 Å². The molecule has 1 aromatic carbocycles. The van der Waals surface area contributed by atoms with Crippen LogP contribution < -0.4 is 0 Å². The van der Waals surface area contributed by atoms with Crippen molar-refractivity contribution < 1.29 is 23.4 Å². The normalized spacial score (nSPS) is 13.8. The van der Waals surface area contributed by atoms with E-state index >= 15 is 0 Å². The Morgan fingerprint density at radius 2 is 1.94 bits per heavy atom. The monoisotopic (exact) mass is 234 g/mol. The first-order chi connectivity index (χ1) is 7.37. The average Bonchev–Trinajstić information content (AvgIpc) is 2.14. The molecule has 0 aliphatic heterocycles. The third-order valence-electron chi connectivity index (χ3n) is 2.14. The second-order valence-electron chi connectivity index (χ2n) is 3.68. The van der Waals surface area contributed by atoms with Crippen LogP contribution in [0.1, 0.15) is 18.4 Å². The first kappa shape index (κ1) is 12.8. The fraction of sp³-hybridized carbons (Fsp3) is 0.455. The summed E-state index contributed by atoms with van der Waals surface area (Å²) in [5.41, 5.74) is 0.620. The number of hydrogen-bond acceptors (Lipinski definition) is 2. The minimum atomic E-state index is -4.24. The van der Waals surface area contributed by atoms with Gasteiger partial charge in [-0.05, 0) is 30.5 Å². The zero-order valence-electron chi connectivity index (χ0n) is 8.54. The van der Waals surface area contributed by atoms with E-state index in [2.05, 4.69) is 0 Å². The number of halogens is 3. The summed E-state index contributed by atoms with van der Waals surface area (Å²) in [5, 5.41) is 18.5. The summed E-state index contributed by atoms with van der Waals surface area (Å²) in [6.07, 6.45) is -6.47. The smallest absolute Gasteiger partial charge is 0.389 e. The first-order valence-electron chi connectivity index (χ1n) is 4.89. The minimum absolute atomic E-state index is 0.0421. The van der Waals surface area contributed by atoms with E-state index < -0.39 is 18.7 Å². The molecule has 0 aliphatic carbocycles. The molecule has 1 unspecified atom stereocenters. The molecular weight excluding hydrogens is 221 g/mol. The van der Waals surface area contributed by atoms with Crippen LogP contribution in [0.25, 0.3) is 0 Å². The van der Waals surface area contributed by atoms with Gasteiger partial charge >= 0.3 is 6.18 Å². The zero-order valence-corrected chi connectivity index (χ0v) is 8.54. The molecule has 1 rings (SSSR count). The van der Waals surface area contributed by atoms with E-state index in [1.54, 1.807) is 12.1 Å². The summed E-state index contributed by atoms with van der Waals surface area (Å²) < 4.78 is 35.6. The van der Waals surface area contributed by atoms with Crippen molar-refractivity contribution in [2.24, 2.45) is 0 Å². The van der Waals surface area contributed by atoms with Crippen molar-refractivity contribution in [2.45, 2.75) is 31.5 Å². The Labute approximate surface area is 91.3 Å². The molecule has 0 heterocycles. The van der Waals surface area contributed by atoms with Crippen molar-refractivity contribution in [3.63, 3.8) is 0 Å². The van der Waals surface area contributed by atoms with Gasteiger partial charge in [-0.15, -0.1) is 0 Å². The second kappa shape index (κ2) is 5.21. The molecule has 0 saturated heterocycles. The molecule has 0 aromatic heterocycles. The van der Waals surface area contributed by atoms with Crippen LogP contribution in [0.4, 0.5) is 13.2 Å². The van der Waals surface area contributed by atoms with Gasteiger partial charge < -0.3 is 10.2 Å². The van der Waals surface area contributed by atoms with E-state index in [4.69, 9.17) is 5.11 Å². The lowest BCUT2D eigenvalue weighted by Gasteiger charge is -2.12. The van der Waals surface area contributed by atoms with Crippen molar-refractivity contribution in [1.82, 2.24) is 0 Å². The number of phenolic OH excluding ortho intramolecular Hbond substituents is 1. The van der Waals surface area contributed by atoms with E-state index in [9.17, 15) is 18.3 Å². The van der Waals surface area contributed by atoms with E-state index in [0.29, 0.717) is 5.56 Å². The lowest BCUT2D eigenvalue weighted by atomic mass is 10.0. The van der Waals surface area contributed by atoms with E-state index in [-0.39, 0.29) is 18.6 Å². The summed E-state index contributed by atoms with van der Waals surface area (Å²) in [6, 6.07) is 6.13. The molecule has 0 amide bonds. The SMILES string of the molecule is Oc1cccc(CC(O)CCC(F)(F)F)c1. The van der Waals surface area contributed by atoms with Crippen LogP contribution in [-0.2, 0) is 6.42 Å². The molecule has 16 heavy (non-hydrogen) atoms. The largest absolute Gasteiger partial charge is 0.508 e. The topological polar surface area (TPSA) is 40.5 Å². The maximum absolute atomic E-state index is 11.9. The highest BCUT2D eigenvalue weighted by atomic mass is 19.4. The highest BCUT2D eigenvalue weighted by Crippen LogP contribution is 2.23. The van der Waals surface area contributed by atoms with Crippen molar-refractivity contribution in [3.8, 4) is 5.75 Å². The Kier molecular flexibility index (Phi) is 4.18. The first-order valence-corrected chi connectivity index (χ1v) is 4.89. The summed E-state index contributed by atoms with van der Waals surface area (Å²) in [6.45, 7) is 0. The van der Waals surface area contributed by atoms with Crippen LogP contribution in [0.3, 0.4) is 0 Å². The fourth-order valence-corrected chi connectivity index (χ4v) is 1.39. The summed E-state index contributed by atoms with van der Waals surface area (Å²) in [7, 11) is 0. The number of alkyl halides is 3. The average molecular weight is 234 g/mol. The van der Waals surface area contributed by atoms with Gasteiger partial charge in [-0.1, -0.05) is 12.1 Å². The van der Waals surface area contributed by atoms with Gasteiger partial charge in [0.15, 0.2) is 0 Å². The van der Waals surface area contributed by atoms with Crippen molar-refractivity contribution in [2.75, 3.05) is 0 Å². The summed E-state index contributed by atoms with van der Waals surface area (Å²) >= 11 is 0. The molecular formula is C11H13F3O2. The second-order valence-corrected chi connectivity index (χ2v) is 3.68. The van der Waals surface area contributed by atoms with Crippen LogP contribution in [0, 0.1) is 0 Å². The van der Waals surface area contributed by atoms with Gasteiger partial charge in [-0.2, -0.15) is 13.2 Å². The summed E-state index contributed by atoms with van der Waals surface area (Å²) in [5.74, 6) is 0.0421. The van der Waals surface area contributed by atoms with Crippen LogP contribution in [-0.4, -0.2) is 22.5 Å². The molecule has 2 nitrogen and oxygen atoms in total. The van der Waals surface area contributed by atoms with Gasteiger partial charge in [-0.3, -0.25) is 0 Å². The van der Waals surface area contributed by atoms with Crippen molar-refractivity contribution in [1.29, 1.82) is 0 Å². The predicted molar refractivity (Wildman–Crippen MR) is 53.1 cm³/mol. The van der Waals surface area contributed by atoms with Gasteiger partial charge in [0, 0.05) is 6.42 Å². The predicted octanol–water partition coefficient (Wildman–Crippen LogP) is 2.64. The lowest BCUT2D eigenvalue weighted by Crippen LogP contribution is -2.16. The van der Waals surface area contributed by atoms with E-state index in [0.717, 1.165) is 0 Å². The van der Waals surface area contributed by atoms with Gasteiger partial charge in [0.1, 0.15) is 5.75 Å². The summed E-state index contributed by atoms with van der Waals surface area (Å²) in [4.78, 5) is 0. The van der Waals surface area contributed by atoms with Crippen LogP contribution in [0.5, 0.6) is 5.75 Å². The highest BCUT2D eigenvalue weighted by molar-refractivity contribution is 5.27. The van der Waals surface area contributed by atoms with E-state index in [1.165, 1.54) is 12.1 Å². The molecule has 1 aromatic rings. The molecule has 0 spiro atoms. The lowest BCUT2D eigenvalue weighted by molar-refractivity contribution is -0.139. The molecule has 0 radical (unpaired) electrons. The Bertz CT molecular complexity index is 336. The number of aliphatic hydroxyl groups excluding tert-OH is 1. The van der Waals surface area contributed by atoms with Crippen LogP contribution in [0.15, 0.2) is 24.3 Å². The molecule has 2 N–H and O–H groups in total. The number of hydrogen-bond donors (Lipinski definition) is 2. The molecule has 0 bridgehead atoms. The number of benzene rings is 1. The minimum Gasteiger partial charge on any atom is -0.508 e. The van der Waals surface area contributed by atoms with Gasteiger partial charge in [0.05, 0.1) is 6.10 Å². The molecule has 90 valence electrons. The Morgan fingerprint density at radius 1 is 1.25 bits per heavy atom. The van der Waals surface area contributed by atoms with Crippen molar-refractivity contribution >= 4 is 0 Å². The Hall–Kier alpha value is -1.23. The maximum Gasteiger partial charge on any atom is 0.389 e. The molecule has 1 atom stereocenters. The number of rotatable bonds is 4. The highest BCUT2D eigenvalue weighted by Gasteiger charge is 2.27. The number of aromatic hydroxyl groups is 1. The van der Waals surface area contributed by atoms with Gasteiger partial charge in [-0.25, -0.2) is 0 Å². The molecule has 0 saturated carbocycles. The van der Waals surface area contributed by atoms with E-state index in [1.807, 2.05) is 0 Å². The molecule has 0 fully saturated rings. The van der Waals surface area contributed by atoms with Crippen LogP contribution >= 0.6 is 0 Å². The number of aliphatic hydroxyl groups is 1. The molecule has 5 heteroatoms. The third kappa shape index (κ3) is 5.02. The third-order valence-corrected chi connectivity index (χ3v) is 2.14. The zero-order chi connectivity index (χ0) is 12.2. The number of phenols is 1. The fourth-order valence-electron chi connectivity index (χ4n) is 1.39. The Morgan fingerprint density at radius 3 is 2.50 bits per heavy atom. The van der Waals surface area contributed by atoms with Crippen molar-refractivity contribution in [3.05, 3.63) is 29.8 Å². The Balaban J connectivity index is 2.43.